The summed E-state index contributed by atoms with van der Waals surface area (Å²) in [6.07, 6.45) is 1.73. The summed E-state index contributed by atoms with van der Waals surface area (Å²) in [7, 11) is 4.02. The Morgan fingerprint density at radius 2 is 1.83 bits per heavy atom. The van der Waals surface area contributed by atoms with Crippen LogP contribution in [0.2, 0.25) is 0 Å². The second kappa shape index (κ2) is 8.91. The summed E-state index contributed by atoms with van der Waals surface area (Å²) in [5.41, 5.74) is 2.40. The molecule has 2 aromatic rings. The van der Waals surface area contributed by atoms with Gasteiger partial charge in [-0.1, -0.05) is 24.3 Å². The molecule has 1 amide bonds. The second-order valence-corrected chi connectivity index (χ2v) is 5.73. The lowest BCUT2D eigenvalue weighted by atomic mass is 10.1. The van der Waals surface area contributed by atoms with Crippen molar-refractivity contribution < 1.29 is 13.9 Å². The molecule has 0 radical (unpaired) electrons. The van der Waals surface area contributed by atoms with Crippen LogP contribution in [-0.4, -0.2) is 33.2 Å². The molecule has 0 unspecified atom stereocenters. The molecule has 1 N–H and O–H groups in total. The van der Waals surface area contributed by atoms with E-state index in [2.05, 4.69) is 34.5 Å². The zero-order valence-corrected chi connectivity index (χ0v) is 14.1. The fraction of sp³-hybridized carbons (Fsp3) is 0.316. The van der Waals surface area contributed by atoms with Gasteiger partial charge in [-0.25, -0.2) is 4.39 Å². The van der Waals surface area contributed by atoms with Gasteiger partial charge < -0.3 is 15.0 Å². The number of nitrogens with zero attached hydrogens (tertiary/aromatic N) is 1. The van der Waals surface area contributed by atoms with Gasteiger partial charge in [-0.05, 0) is 42.7 Å². The van der Waals surface area contributed by atoms with Gasteiger partial charge in [0.25, 0.3) is 5.91 Å². The Labute approximate surface area is 142 Å². The van der Waals surface area contributed by atoms with Crippen LogP contribution < -0.4 is 15.0 Å². The third-order valence-corrected chi connectivity index (χ3v) is 3.61. The molecule has 2 rings (SSSR count). The fourth-order valence-electron chi connectivity index (χ4n) is 2.24. The maximum Gasteiger partial charge on any atom is 0.257 e. The number of nitrogens with one attached hydrogen (secondary N) is 1. The van der Waals surface area contributed by atoms with Gasteiger partial charge in [0.05, 0.1) is 0 Å². The zero-order chi connectivity index (χ0) is 17.4. The van der Waals surface area contributed by atoms with Crippen molar-refractivity contribution in [1.29, 1.82) is 0 Å². The normalized spacial score (nSPS) is 10.3. The summed E-state index contributed by atoms with van der Waals surface area (Å²) in [5, 5.41) is 2.78. The largest absolute Gasteiger partial charge is 0.481 e. The van der Waals surface area contributed by atoms with Gasteiger partial charge in [-0.3, -0.25) is 4.79 Å². The molecule has 2 aromatic carbocycles. The molecular formula is C19H23FN2O2. The topological polar surface area (TPSA) is 41.6 Å². The van der Waals surface area contributed by atoms with E-state index in [9.17, 15) is 9.18 Å². The third-order valence-electron chi connectivity index (χ3n) is 3.61. The van der Waals surface area contributed by atoms with Crippen LogP contribution in [0.25, 0.3) is 0 Å². The number of halogens is 1. The summed E-state index contributed by atoms with van der Waals surface area (Å²) in [4.78, 5) is 13.7. The molecule has 0 aromatic heterocycles. The van der Waals surface area contributed by atoms with E-state index in [-0.39, 0.29) is 18.3 Å². The number of hydrogen-bond donors (Lipinski definition) is 1. The van der Waals surface area contributed by atoms with Crippen LogP contribution in [0.1, 0.15) is 12.0 Å². The fourth-order valence-corrected chi connectivity index (χ4v) is 2.24. The van der Waals surface area contributed by atoms with Gasteiger partial charge in [0, 0.05) is 26.3 Å². The number of ether oxygens (including phenoxy) is 1. The molecule has 0 saturated carbocycles. The van der Waals surface area contributed by atoms with E-state index in [4.69, 9.17) is 4.74 Å². The van der Waals surface area contributed by atoms with Crippen molar-refractivity contribution in [2.75, 3.05) is 32.1 Å². The Kier molecular flexibility index (Phi) is 6.61. The van der Waals surface area contributed by atoms with Crippen molar-refractivity contribution in [3.63, 3.8) is 0 Å². The Morgan fingerprint density at radius 3 is 2.50 bits per heavy atom. The molecule has 128 valence electrons. The first-order chi connectivity index (χ1) is 11.6. The molecule has 4 nitrogen and oxygen atoms in total. The Hall–Kier alpha value is -2.56. The quantitative estimate of drug-likeness (QED) is 0.757. The highest BCUT2D eigenvalue weighted by Crippen LogP contribution is 2.15. The van der Waals surface area contributed by atoms with E-state index in [0.717, 1.165) is 18.5 Å². The van der Waals surface area contributed by atoms with E-state index in [0.29, 0.717) is 6.54 Å². The minimum absolute atomic E-state index is 0.0913. The van der Waals surface area contributed by atoms with Gasteiger partial charge in [0.1, 0.15) is 0 Å². The number of amides is 1. The molecule has 24 heavy (non-hydrogen) atoms. The van der Waals surface area contributed by atoms with E-state index in [1.165, 1.54) is 17.7 Å². The SMILES string of the molecule is CN(C)c1ccc(CCCNC(=O)COc2ccccc2F)cc1. The van der Waals surface area contributed by atoms with Crippen LogP contribution in [-0.2, 0) is 11.2 Å². The number of aryl methyl sites for hydroxylation is 1. The summed E-state index contributed by atoms with van der Waals surface area (Å²) >= 11 is 0. The van der Waals surface area contributed by atoms with Crippen LogP contribution >= 0.6 is 0 Å². The highest BCUT2D eigenvalue weighted by Gasteiger charge is 2.05. The highest BCUT2D eigenvalue weighted by atomic mass is 19.1. The van der Waals surface area contributed by atoms with E-state index < -0.39 is 5.82 Å². The minimum atomic E-state index is -0.466. The van der Waals surface area contributed by atoms with Crippen LogP contribution in [0.15, 0.2) is 48.5 Å². The first-order valence-electron chi connectivity index (χ1n) is 7.96. The van der Waals surface area contributed by atoms with Crippen molar-refractivity contribution in [3.05, 3.63) is 59.9 Å². The predicted molar refractivity (Wildman–Crippen MR) is 94.0 cm³/mol. The van der Waals surface area contributed by atoms with Crippen molar-refractivity contribution in [2.24, 2.45) is 0 Å². The molecule has 0 atom stereocenters. The smallest absolute Gasteiger partial charge is 0.257 e. The lowest BCUT2D eigenvalue weighted by Crippen LogP contribution is -2.30. The van der Waals surface area contributed by atoms with Crippen LogP contribution in [0, 0.1) is 5.82 Å². The van der Waals surface area contributed by atoms with E-state index in [1.807, 2.05) is 14.1 Å². The lowest BCUT2D eigenvalue weighted by molar-refractivity contribution is -0.123. The average molecular weight is 330 g/mol. The Balaban J connectivity index is 1.65. The maximum atomic E-state index is 13.4. The Bertz CT molecular complexity index is 657. The Morgan fingerprint density at radius 1 is 1.12 bits per heavy atom. The van der Waals surface area contributed by atoms with Crippen molar-refractivity contribution in [2.45, 2.75) is 12.8 Å². The van der Waals surface area contributed by atoms with E-state index in [1.54, 1.807) is 12.1 Å². The summed E-state index contributed by atoms with van der Waals surface area (Å²) in [6.45, 7) is 0.382. The van der Waals surface area contributed by atoms with Gasteiger partial charge in [-0.2, -0.15) is 0 Å². The van der Waals surface area contributed by atoms with Gasteiger partial charge in [0.2, 0.25) is 0 Å². The minimum Gasteiger partial charge on any atom is -0.481 e. The number of para-hydroxylation sites is 1. The van der Waals surface area contributed by atoms with Crippen LogP contribution in [0.4, 0.5) is 10.1 Å². The molecular weight excluding hydrogens is 307 g/mol. The molecule has 0 bridgehead atoms. The van der Waals surface area contributed by atoms with Crippen molar-refractivity contribution in [1.82, 2.24) is 5.32 Å². The number of carbonyl (C=O) groups excluding carboxylic acids is 1. The van der Waals surface area contributed by atoms with E-state index >= 15 is 0 Å². The third kappa shape index (κ3) is 5.57. The average Bonchev–Trinajstić information content (AvgIpc) is 2.58. The van der Waals surface area contributed by atoms with Gasteiger partial charge in [0.15, 0.2) is 18.2 Å². The zero-order valence-electron chi connectivity index (χ0n) is 14.1. The molecule has 5 heteroatoms. The number of hydrogen-bond acceptors (Lipinski definition) is 3. The van der Waals surface area contributed by atoms with Gasteiger partial charge >= 0.3 is 0 Å². The van der Waals surface area contributed by atoms with Crippen molar-refractivity contribution in [3.8, 4) is 5.75 Å². The first-order valence-corrected chi connectivity index (χ1v) is 7.96. The lowest BCUT2D eigenvalue weighted by Gasteiger charge is -2.12. The molecule has 0 heterocycles. The highest BCUT2D eigenvalue weighted by molar-refractivity contribution is 5.77. The molecule has 0 saturated heterocycles. The molecule has 0 aliphatic heterocycles. The predicted octanol–water partition coefficient (Wildman–Crippen LogP) is 3.02. The maximum absolute atomic E-state index is 13.4. The molecule has 0 fully saturated rings. The number of rotatable bonds is 8. The summed E-state index contributed by atoms with van der Waals surface area (Å²) in [5.74, 6) is -0.624. The molecule has 0 aliphatic rings. The second-order valence-electron chi connectivity index (χ2n) is 5.73. The monoisotopic (exact) mass is 330 g/mol. The molecule has 0 spiro atoms. The number of anilines is 1. The van der Waals surface area contributed by atoms with Gasteiger partial charge in [-0.15, -0.1) is 0 Å². The summed E-state index contributed by atoms with van der Waals surface area (Å²) in [6, 6.07) is 14.4. The summed E-state index contributed by atoms with van der Waals surface area (Å²) < 4.78 is 18.5. The van der Waals surface area contributed by atoms with Crippen LogP contribution in [0.3, 0.4) is 0 Å². The number of benzene rings is 2. The standard InChI is InChI=1S/C19H23FN2O2/c1-22(2)16-11-9-15(10-12-16)6-5-13-21-19(23)14-24-18-8-4-3-7-17(18)20/h3-4,7-12H,5-6,13-14H2,1-2H3,(H,21,23). The van der Waals surface area contributed by atoms with Crippen LogP contribution in [0.5, 0.6) is 5.75 Å². The molecule has 0 aliphatic carbocycles. The van der Waals surface area contributed by atoms with Crippen molar-refractivity contribution >= 4 is 11.6 Å². The first kappa shape index (κ1) is 17.8. The number of carbonyl (C=O) groups is 1.